The zero-order valence-electron chi connectivity index (χ0n) is 26.9. The highest BCUT2D eigenvalue weighted by Crippen LogP contribution is 2.43. The molecule has 234 valence electrons. The van der Waals surface area contributed by atoms with Gasteiger partial charge in [-0.05, 0) is 46.5 Å². The van der Waals surface area contributed by atoms with Crippen molar-refractivity contribution in [2.45, 2.75) is 0 Å². The molecule has 0 saturated carbocycles. The molecule has 50 heavy (non-hydrogen) atoms. The molecule has 0 unspecified atom stereocenters. The first-order valence-electron chi connectivity index (χ1n) is 16.7. The molecular formula is C46H28N2S2. The summed E-state index contributed by atoms with van der Waals surface area (Å²) in [7, 11) is 0. The van der Waals surface area contributed by atoms with Crippen molar-refractivity contribution >= 4 is 63.0 Å². The predicted octanol–water partition coefficient (Wildman–Crippen LogP) is 13.5. The van der Waals surface area contributed by atoms with E-state index in [1.54, 1.807) is 0 Å². The van der Waals surface area contributed by atoms with Crippen LogP contribution in [0.2, 0.25) is 0 Å². The number of aromatic nitrogens is 2. The molecule has 0 aliphatic carbocycles. The molecule has 0 fully saturated rings. The number of hydrogen-bond donors (Lipinski definition) is 0. The largest absolute Gasteiger partial charge is 0.228 e. The van der Waals surface area contributed by atoms with Gasteiger partial charge in [-0.3, -0.25) is 0 Å². The van der Waals surface area contributed by atoms with E-state index in [9.17, 15) is 0 Å². The SMILES string of the molecule is c1ccc(-c2ccc(-c3ccccc3-c3cc(-c4cccc5c4sc4ccccc45)nc(-c4cccc5sc6ccccc6c45)n3)cc2)cc1. The van der Waals surface area contributed by atoms with E-state index in [1.807, 2.05) is 22.7 Å². The van der Waals surface area contributed by atoms with Gasteiger partial charge in [0.2, 0.25) is 0 Å². The Morgan fingerprint density at radius 2 is 0.880 bits per heavy atom. The minimum Gasteiger partial charge on any atom is -0.228 e. The van der Waals surface area contributed by atoms with E-state index in [0.29, 0.717) is 0 Å². The third kappa shape index (κ3) is 4.84. The molecule has 0 atom stereocenters. The molecule has 10 rings (SSSR count). The number of rotatable bonds is 5. The van der Waals surface area contributed by atoms with Crippen LogP contribution in [0.25, 0.3) is 96.5 Å². The summed E-state index contributed by atoms with van der Waals surface area (Å²) in [4.78, 5) is 10.8. The molecule has 4 heteroatoms. The van der Waals surface area contributed by atoms with E-state index in [4.69, 9.17) is 9.97 Å². The van der Waals surface area contributed by atoms with Crippen molar-refractivity contribution < 1.29 is 0 Å². The van der Waals surface area contributed by atoms with Crippen molar-refractivity contribution in [1.29, 1.82) is 0 Å². The van der Waals surface area contributed by atoms with Crippen LogP contribution in [0.3, 0.4) is 0 Å². The summed E-state index contributed by atoms with van der Waals surface area (Å²) in [6, 6.07) is 60.7. The van der Waals surface area contributed by atoms with Crippen molar-refractivity contribution in [2.75, 3.05) is 0 Å². The average Bonchev–Trinajstić information content (AvgIpc) is 3.77. The predicted molar refractivity (Wildman–Crippen MR) is 215 cm³/mol. The minimum atomic E-state index is 0.735. The van der Waals surface area contributed by atoms with Gasteiger partial charge in [0.25, 0.3) is 0 Å². The zero-order chi connectivity index (χ0) is 33.0. The third-order valence-electron chi connectivity index (χ3n) is 9.56. The summed E-state index contributed by atoms with van der Waals surface area (Å²) in [6.07, 6.45) is 0. The van der Waals surface area contributed by atoms with Crippen LogP contribution >= 0.6 is 22.7 Å². The second kappa shape index (κ2) is 11.9. The molecule has 0 aliphatic heterocycles. The lowest BCUT2D eigenvalue weighted by molar-refractivity contribution is 1.19. The van der Waals surface area contributed by atoms with Crippen LogP contribution in [0.15, 0.2) is 170 Å². The van der Waals surface area contributed by atoms with Gasteiger partial charge < -0.3 is 0 Å². The number of fused-ring (bicyclic) bond motifs is 6. The van der Waals surface area contributed by atoms with Gasteiger partial charge in [-0.25, -0.2) is 9.97 Å². The molecule has 2 nitrogen and oxygen atoms in total. The van der Waals surface area contributed by atoms with E-state index in [0.717, 1.165) is 45.0 Å². The Kier molecular flexibility index (Phi) is 6.90. The minimum absolute atomic E-state index is 0.735. The lowest BCUT2D eigenvalue weighted by Gasteiger charge is -2.14. The highest BCUT2D eigenvalue weighted by Gasteiger charge is 2.19. The van der Waals surface area contributed by atoms with Crippen LogP contribution in [-0.4, -0.2) is 9.97 Å². The molecule has 0 N–H and O–H groups in total. The molecule has 3 aromatic heterocycles. The first-order valence-corrected chi connectivity index (χ1v) is 18.4. The molecule has 0 radical (unpaired) electrons. The standard InChI is InChI=1S/C46H28N2S2/c1-2-12-29(13-3-1)30-24-26-31(27-25-30)32-14-4-5-15-33(32)39-28-40(36-19-10-18-35-34-16-6-8-21-41(34)50-45(35)36)48-46(47-39)38-20-11-23-43-44(38)37-17-7-9-22-42(37)49-43/h1-28H. The topological polar surface area (TPSA) is 25.8 Å². The fourth-order valence-corrected chi connectivity index (χ4v) is 9.54. The van der Waals surface area contributed by atoms with Crippen LogP contribution in [0.5, 0.6) is 0 Å². The fourth-order valence-electron chi connectivity index (χ4n) is 7.18. The highest BCUT2D eigenvalue weighted by atomic mass is 32.1. The van der Waals surface area contributed by atoms with Crippen LogP contribution in [-0.2, 0) is 0 Å². The van der Waals surface area contributed by atoms with Crippen LogP contribution in [0, 0.1) is 0 Å². The van der Waals surface area contributed by atoms with Gasteiger partial charge in [-0.2, -0.15) is 0 Å². The summed E-state index contributed by atoms with van der Waals surface area (Å²) >= 11 is 3.65. The van der Waals surface area contributed by atoms with Crippen LogP contribution in [0.4, 0.5) is 0 Å². The Hall–Kier alpha value is -5.94. The Bertz CT molecular complexity index is 2860. The smallest absolute Gasteiger partial charge is 0.161 e. The zero-order valence-corrected chi connectivity index (χ0v) is 28.5. The molecule has 0 amide bonds. The van der Waals surface area contributed by atoms with E-state index >= 15 is 0 Å². The van der Waals surface area contributed by atoms with Crippen molar-refractivity contribution in [2.24, 2.45) is 0 Å². The van der Waals surface area contributed by atoms with Crippen molar-refractivity contribution in [3.63, 3.8) is 0 Å². The molecule has 0 spiro atoms. The van der Waals surface area contributed by atoms with E-state index in [-0.39, 0.29) is 0 Å². The maximum absolute atomic E-state index is 5.41. The third-order valence-corrected chi connectivity index (χ3v) is 11.9. The summed E-state index contributed by atoms with van der Waals surface area (Å²) in [5.41, 5.74) is 9.79. The van der Waals surface area contributed by atoms with Gasteiger partial charge in [0.05, 0.1) is 11.4 Å². The first-order chi connectivity index (χ1) is 24.8. The van der Waals surface area contributed by atoms with Gasteiger partial charge in [0, 0.05) is 57.0 Å². The Morgan fingerprint density at radius 1 is 0.340 bits per heavy atom. The van der Waals surface area contributed by atoms with Gasteiger partial charge in [-0.1, -0.05) is 146 Å². The number of benzene rings is 7. The average molecular weight is 673 g/mol. The summed E-state index contributed by atoms with van der Waals surface area (Å²) in [6.45, 7) is 0. The van der Waals surface area contributed by atoms with Crippen molar-refractivity contribution in [3.05, 3.63) is 170 Å². The Morgan fingerprint density at radius 3 is 1.70 bits per heavy atom. The van der Waals surface area contributed by atoms with Crippen molar-refractivity contribution in [3.8, 4) is 56.2 Å². The lowest BCUT2D eigenvalue weighted by Crippen LogP contribution is -1.97. The Balaban J connectivity index is 1.21. The summed E-state index contributed by atoms with van der Waals surface area (Å²) < 4.78 is 5.03. The monoisotopic (exact) mass is 672 g/mol. The fraction of sp³-hybridized carbons (Fsp3) is 0. The highest BCUT2D eigenvalue weighted by molar-refractivity contribution is 7.26. The van der Waals surface area contributed by atoms with E-state index in [2.05, 4.69) is 170 Å². The second-order valence-electron chi connectivity index (χ2n) is 12.5. The van der Waals surface area contributed by atoms with Gasteiger partial charge >= 0.3 is 0 Å². The number of hydrogen-bond acceptors (Lipinski definition) is 4. The Labute approximate surface area is 297 Å². The lowest BCUT2D eigenvalue weighted by atomic mass is 9.94. The molecular weight excluding hydrogens is 645 g/mol. The second-order valence-corrected chi connectivity index (χ2v) is 14.6. The molecule has 0 bridgehead atoms. The number of thiophene rings is 2. The maximum atomic E-state index is 5.41. The first kappa shape index (κ1) is 29.0. The van der Waals surface area contributed by atoms with Gasteiger partial charge in [-0.15, -0.1) is 22.7 Å². The molecule has 3 heterocycles. The molecule has 0 aliphatic rings. The maximum Gasteiger partial charge on any atom is 0.161 e. The van der Waals surface area contributed by atoms with Crippen LogP contribution in [0.1, 0.15) is 0 Å². The van der Waals surface area contributed by atoms with Crippen LogP contribution < -0.4 is 0 Å². The normalized spacial score (nSPS) is 11.6. The van der Waals surface area contributed by atoms with Crippen molar-refractivity contribution in [1.82, 2.24) is 9.97 Å². The van der Waals surface area contributed by atoms with E-state index in [1.165, 1.54) is 51.5 Å². The van der Waals surface area contributed by atoms with E-state index < -0.39 is 0 Å². The molecule has 10 aromatic rings. The van der Waals surface area contributed by atoms with Gasteiger partial charge in [0.1, 0.15) is 0 Å². The quantitative estimate of drug-likeness (QED) is 0.182. The summed E-state index contributed by atoms with van der Waals surface area (Å²) in [5, 5.41) is 4.99. The molecule has 0 saturated heterocycles. The molecule has 7 aromatic carbocycles. The van der Waals surface area contributed by atoms with Gasteiger partial charge in [0.15, 0.2) is 5.82 Å². The summed E-state index contributed by atoms with van der Waals surface area (Å²) in [5.74, 6) is 0.735. The number of nitrogens with zero attached hydrogens (tertiary/aromatic N) is 2.